The van der Waals surface area contributed by atoms with Crippen LogP contribution in [0.25, 0.3) is 0 Å². The van der Waals surface area contributed by atoms with E-state index < -0.39 is 17.9 Å². The molecule has 0 fully saturated rings. The summed E-state index contributed by atoms with van der Waals surface area (Å²) in [7, 11) is 0. The first-order valence-electron chi connectivity index (χ1n) is 4.07. The standard InChI is InChI=1S/C10H9FO3.Mg.2H/c11-9(12)8(10(13)14)6-7-4-2-1-3-5-7;;;/h1-5,8H,6H2,(H,13,14);;;. The molecule has 0 radical (unpaired) electrons. The van der Waals surface area contributed by atoms with E-state index in [4.69, 9.17) is 5.11 Å². The van der Waals surface area contributed by atoms with Gasteiger partial charge < -0.3 is 5.11 Å². The van der Waals surface area contributed by atoms with Crippen molar-refractivity contribution in [1.29, 1.82) is 0 Å². The Bertz CT molecular complexity index is 326. The Hall–Kier alpha value is -0.944. The first kappa shape index (κ1) is 14.1. The zero-order valence-electron chi connectivity index (χ0n) is 7.31. The molecule has 0 aliphatic rings. The van der Waals surface area contributed by atoms with E-state index in [0.29, 0.717) is 5.56 Å². The number of carboxylic acid groups (broad SMARTS) is 1. The lowest BCUT2D eigenvalue weighted by Gasteiger charge is -2.05. The highest BCUT2D eigenvalue weighted by Crippen LogP contribution is 2.10. The molecule has 1 aromatic carbocycles. The van der Waals surface area contributed by atoms with Crippen molar-refractivity contribution in [3.8, 4) is 0 Å². The van der Waals surface area contributed by atoms with Crippen molar-refractivity contribution in [3.05, 3.63) is 35.9 Å². The predicted octanol–water partition coefficient (Wildman–Crippen LogP) is 0.510. The van der Waals surface area contributed by atoms with Crippen LogP contribution in [0.15, 0.2) is 30.3 Å². The van der Waals surface area contributed by atoms with Crippen LogP contribution >= 0.6 is 0 Å². The number of rotatable bonds is 4. The Morgan fingerprint density at radius 3 is 2.20 bits per heavy atom. The monoisotopic (exact) mass is 222 g/mol. The van der Waals surface area contributed by atoms with E-state index in [0.717, 1.165) is 0 Å². The fourth-order valence-corrected chi connectivity index (χ4v) is 1.11. The van der Waals surface area contributed by atoms with Crippen LogP contribution in [0.5, 0.6) is 0 Å². The van der Waals surface area contributed by atoms with Gasteiger partial charge in [-0.05, 0) is 12.0 Å². The molecule has 0 spiro atoms. The fourth-order valence-electron chi connectivity index (χ4n) is 1.11. The Labute approximate surface area is 102 Å². The molecule has 0 aromatic heterocycles. The van der Waals surface area contributed by atoms with E-state index in [2.05, 4.69) is 0 Å². The lowest BCUT2D eigenvalue weighted by molar-refractivity contribution is -0.150. The third-order valence-corrected chi connectivity index (χ3v) is 1.85. The van der Waals surface area contributed by atoms with Gasteiger partial charge in [0.1, 0.15) is 0 Å². The van der Waals surface area contributed by atoms with E-state index in [1.807, 2.05) is 0 Å². The molecule has 1 rings (SSSR count). The lowest BCUT2D eigenvalue weighted by atomic mass is 10.0. The van der Waals surface area contributed by atoms with Gasteiger partial charge in [0.15, 0.2) is 5.92 Å². The summed E-state index contributed by atoms with van der Waals surface area (Å²) in [5.74, 6) is -3.02. The summed E-state index contributed by atoms with van der Waals surface area (Å²) in [4.78, 5) is 20.8. The molecule has 0 saturated heterocycles. The molecule has 0 aliphatic carbocycles. The SMILES string of the molecule is O=C(O)C(Cc1ccccc1)C(=O)F.[MgH2]. The average Bonchev–Trinajstić information content (AvgIpc) is 2.15. The van der Waals surface area contributed by atoms with Crippen LogP contribution in [0, 0.1) is 5.92 Å². The number of carboxylic acids is 1. The first-order chi connectivity index (χ1) is 6.61. The molecule has 1 N–H and O–H groups in total. The Kier molecular flexibility index (Phi) is 6.11. The number of hydrogen-bond donors (Lipinski definition) is 1. The van der Waals surface area contributed by atoms with Crippen molar-refractivity contribution in [3.63, 3.8) is 0 Å². The molecule has 3 nitrogen and oxygen atoms in total. The molecule has 1 atom stereocenters. The second kappa shape index (κ2) is 6.52. The molecule has 15 heavy (non-hydrogen) atoms. The quantitative estimate of drug-likeness (QED) is 0.459. The van der Waals surface area contributed by atoms with Gasteiger partial charge in [0, 0.05) is 0 Å². The highest BCUT2D eigenvalue weighted by molar-refractivity contribution is 5.93. The predicted molar refractivity (Wildman–Crippen MR) is 55.9 cm³/mol. The highest BCUT2D eigenvalue weighted by atomic mass is 24.3. The van der Waals surface area contributed by atoms with Crippen LogP contribution in [0.2, 0.25) is 0 Å². The van der Waals surface area contributed by atoms with Gasteiger partial charge >= 0.3 is 35.1 Å². The Morgan fingerprint density at radius 1 is 1.27 bits per heavy atom. The van der Waals surface area contributed by atoms with E-state index in [9.17, 15) is 14.0 Å². The lowest BCUT2D eigenvalue weighted by Crippen LogP contribution is -2.22. The summed E-state index contributed by atoms with van der Waals surface area (Å²) in [6.07, 6.45) is -0.106. The molecular formula is C10H11FMgO3. The van der Waals surface area contributed by atoms with Crippen LogP contribution in [0.1, 0.15) is 5.56 Å². The third kappa shape index (κ3) is 4.39. The topological polar surface area (TPSA) is 54.4 Å². The van der Waals surface area contributed by atoms with Gasteiger partial charge in [-0.2, -0.15) is 4.39 Å². The summed E-state index contributed by atoms with van der Waals surface area (Å²) < 4.78 is 12.3. The van der Waals surface area contributed by atoms with Crippen LogP contribution in [-0.4, -0.2) is 40.2 Å². The summed E-state index contributed by atoms with van der Waals surface area (Å²) in [5.41, 5.74) is 0.630. The van der Waals surface area contributed by atoms with Crippen molar-refractivity contribution in [2.45, 2.75) is 6.42 Å². The van der Waals surface area contributed by atoms with E-state index in [1.54, 1.807) is 30.3 Å². The molecule has 0 saturated carbocycles. The fraction of sp³-hybridized carbons (Fsp3) is 0.200. The average molecular weight is 222 g/mol. The van der Waals surface area contributed by atoms with Gasteiger partial charge in [-0.15, -0.1) is 0 Å². The normalized spacial score (nSPS) is 11.3. The molecule has 0 bridgehead atoms. The van der Waals surface area contributed by atoms with Crippen molar-refractivity contribution < 1.29 is 19.1 Å². The summed E-state index contributed by atoms with van der Waals surface area (Å²) in [5, 5.41) is 8.54. The van der Waals surface area contributed by atoms with Gasteiger partial charge in [0.05, 0.1) is 0 Å². The second-order valence-corrected chi connectivity index (χ2v) is 2.88. The van der Waals surface area contributed by atoms with Crippen LogP contribution < -0.4 is 0 Å². The van der Waals surface area contributed by atoms with Crippen LogP contribution in [0.4, 0.5) is 4.39 Å². The van der Waals surface area contributed by atoms with Crippen molar-refractivity contribution >= 4 is 35.1 Å². The number of aliphatic carboxylic acids is 1. The first-order valence-corrected chi connectivity index (χ1v) is 4.07. The minimum Gasteiger partial charge on any atom is -0.481 e. The molecule has 0 aliphatic heterocycles. The molecular weight excluding hydrogens is 211 g/mol. The van der Waals surface area contributed by atoms with Gasteiger partial charge in [-0.25, -0.2) is 0 Å². The maximum atomic E-state index is 12.3. The van der Waals surface area contributed by atoms with Crippen molar-refractivity contribution in [2.75, 3.05) is 0 Å². The summed E-state index contributed by atoms with van der Waals surface area (Å²) in [6.45, 7) is 0. The molecule has 5 heteroatoms. The van der Waals surface area contributed by atoms with E-state index in [-0.39, 0.29) is 29.5 Å². The third-order valence-electron chi connectivity index (χ3n) is 1.85. The number of benzene rings is 1. The maximum absolute atomic E-state index is 12.3. The molecule has 78 valence electrons. The number of halogens is 1. The van der Waals surface area contributed by atoms with Gasteiger partial charge in [-0.3, -0.25) is 9.59 Å². The smallest absolute Gasteiger partial charge is 0.317 e. The van der Waals surface area contributed by atoms with Crippen LogP contribution in [-0.2, 0) is 16.0 Å². The zero-order valence-corrected chi connectivity index (χ0v) is 7.31. The maximum Gasteiger partial charge on any atom is 0.317 e. The molecule has 1 aromatic rings. The van der Waals surface area contributed by atoms with Gasteiger partial charge in [-0.1, -0.05) is 30.3 Å². The van der Waals surface area contributed by atoms with Crippen molar-refractivity contribution in [2.24, 2.45) is 5.92 Å². The highest BCUT2D eigenvalue weighted by Gasteiger charge is 2.26. The second-order valence-electron chi connectivity index (χ2n) is 2.88. The van der Waals surface area contributed by atoms with E-state index in [1.165, 1.54) is 0 Å². The minimum absolute atomic E-state index is 0. The van der Waals surface area contributed by atoms with Gasteiger partial charge in [0.25, 0.3) is 0 Å². The zero-order chi connectivity index (χ0) is 10.6. The molecule has 1 unspecified atom stereocenters. The van der Waals surface area contributed by atoms with E-state index >= 15 is 0 Å². The number of hydrogen-bond acceptors (Lipinski definition) is 2. The minimum atomic E-state index is -1.80. The van der Waals surface area contributed by atoms with Crippen molar-refractivity contribution in [1.82, 2.24) is 0 Å². The Balaban J connectivity index is 0.00000196. The molecule has 0 heterocycles. The van der Waals surface area contributed by atoms with Gasteiger partial charge in [0.2, 0.25) is 0 Å². The van der Waals surface area contributed by atoms with Crippen LogP contribution in [0.3, 0.4) is 0 Å². The number of carbonyl (C=O) groups excluding carboxylic acids is 1. The molecule has 0 amide bonds. The number of carbonyl (C=O) groups is 2. The largest absolute Gasteiger partial charge is 0.481 e. The summed E-state index contributed by atoms with van der Waals surface area (Å²) in [6, 6.07) is 6.67. The summed E-state index contributed by atoms with van der Waals surface area (Å²) >= 11 is 0. The Morgan fingerprint density at radius 2 is 1.80 bits per heavy atom.